The summed E-state index contributed by atoms with van der Waals surface area (Å²) < 4.78 is 37.1. The molecule has 1 aliphatic rings. The molecule has 1 amide bonds. The number of methoxy groups -OCH3 is 1. The number of hydrogen-bond acceptors (Lipinski definition) is 4. The first-order valence-electron chi connectivity index (χ1n) is 9.22. The van der Waals surface area contributed by atoms with Crippen LogP contribution >= 0.6 is 12.4 Å². The fourth-order valence-corrected chi connectivity index (χ4v) is 3.36. The fraction of sp³-hybridized carbons (Fsp3) is 0.381. The maximum atomic E-state index is 13.3. The summed E-state index contributed by atoms with van der Waals surface area (Å²) in [6, 6.07) is 9.82. The maximum Gasteiger partial charge on any atom is 0.251 e. The van der Waals surface area contributed by atoms with Gasteiger partial charge in [-0.2, -0.15) is 0 Å². The average Bonchev–Trinajstić information content (AvgIpc) is 2.71. The summed E-state index contributed by atoms with van der Waals surface area (Å²) in [6.45, 7) is 2.98. The van der Waals surface area contributed by atoms with E-state index < -0.39 is 11.6 Å². The van der Waals surface area contributed by atoms with Crippen molar-refractivity contribution in [3.05, 3.63) is 59.7 Å². The molecule has 2 aromatic carbocycles. The summed E-state index contributed by atoms with van der Waals surface area (Å²) in [5, 5.41) is 6.32. The number of carbonyl (C=O) groups is 1. The number of halogens is 3. The van der Waals surface area contributed by atoms with Crippen molar-refractivity contribution in [3.63, 3.8) is 0 Å². The van der Waals surface area contributed by atoms with Crippen LogP contribution in [0.15, 0.2) is 42.5 Å². The van der Waals surface area contributed by atoms with E-state index in [0.29, 0.717) is 24.5 Å². The Morgan fingerprint density at radius 3 is 2.34 bits per heavy atom. The highest BCUT2D eigenvalue weighted by atomic mass is 35.5. The Labute approximate surface area is 175 Å². The SMILES string of the molecule is COCC1(CNC(=O)c2ccc(Oc3ccc(F)c(F)c3)cc2)CCNCC1.Cl. The van der Waals surface area contributed by atoms with Gasteiger partial charge in [-0.15, -0.1) is 12.4 Å². The van der Waals surface area contributed by atoms with Crippen molar-refractivity contribution in [1.82, 2.24) is 10.6 Å². The first kappa shape index (κ1) is 23.1. The standard InChI is InChI=1S/C21H24F2N2O3.ClH/c1-27-14-21(8-10-24-11-9-21)13-25-20(26)15-2-4-16(5-3-15)28-17-6-7-18(22)19(23)12-17;/h2-7,12,24H,8-11,13-14H2,1H3,(H,25,26);1H. The van der Waals surface area contributed by atoms with Gasteiger partial charge in [0.05, 0.1) is 6.61 Å². The second-order valence-electron chi connectivity index (χ2n) is 7.07. The smallest absolute Gasteiger partial charge is 0.251 e. The van der Waals surface area contributed by atoms with Crippen LogP contribution in [0.2, 0.25) is 0 Å². The largest absolute Gasteiger partial charge is 0.457 e. The second-order valence-corrected chi connectivity index (χ2v) is 7.07. The normalized spacial score (nSPS) is 15.3. The zero-order valence-corrected chi connectivity index (χ0v) is 17.0. The lowest BCUT2D eigenvalue weighted by atomic mass is 9.79. The van der Waals surface area contributed by atoms with Crippen LogP contribution in [0.3, 0.4) is 0 Å². The predicted molar refractivity (Wildman–Crippen MR) is 109 cm³/mol. The van der Waals surface area contributed by atoms with Gasteiger partial charge in [0.25, 0.3) is 5.91 Å². The minimum absolute atomic E-state index is 0. The van der Waals surface area contributed by atoms with Crippen molar-refractivity contribution >= 4 is 18.3 Å². The van der Waals surface area contributed by atoms with E-state index >= 15 is 0 Å². The summed E-state index contributed by atoms with van der Waals surface area (Å²) in [4.78, 5) is 12.5. The quantitative estimate of drug-likeness (QED) is 0.704. The molecule has 0 spiro atoms. The van der Waals surface area contributed by atoms with E-state index in [1.165, 1.54) is 6.07 Å². The number of carbonyl (C=O) groups excluding carboxylic acids is 1. The van der Waals surface area contributed by atoms with Crippen molar-refractivity contribution in [2.24, 2.45) is 5.41 Å². The van der Waals surface area contributed by atoms with Gasteiger partial charge in [-0.25, -0.2) is 8.78 Å². The molecule has 1 fully saturated rings. The highest BCUT2D eigenvalue weighted by molar-refractivity contribution is 5.94. The molecule has 2 N–H and O–H groups in total. The molecule has 1 aliphatic heterocycles. The van der Waals surface area contributed by atoms with Gasteiger partial charge in [-0.3, -0.25) is 4.79 Å². The molecule has 1 heterocycles. The van der Waals surface area contributed by atoms with Gasteiger partial charge < -0.3 is 20.1 Å². The summed E-state index contributed by atoms with van der Waals surface area (Å²) in [5.74, 6) is -1.47. The number of piperidine rings is 1. The zero-order chi connectivity index (χ0) is 20.0. The van der Waals surface area contributed by atoms with Gasteiger partial charge in [0.1, 0.15) is 11.5 Å². The lowest BCUT2D eigenvalue weighted by molar-refractivity contribution is 0.0512. The highest BCUT2D eigenvalue weighted by Crippen LogP contribution is 2.28. The van der Waals surface area contributed by atoms with E-state index in [1.54, 1.807) is 31.4 Å². The Kier molecular flexibility index (Phi) is 8.37. The van der Waals surface area contributed by atoms with Gasteiger partial charge in [-0.05, 0) is 62.3 Å². The number of hydrogen-bond donors (Lipinski definition) is 2. The molecule has 0 saturated carbocycles. The van der Waals surface area contributed by atoms with Gasteiger partial charge in [0, 0.05) is 30.7 Å². The van der Waals surface area contributed by atoms with Crippen LogP contribution in [0.1, 0.15) is 23.2 Å². The lowest BCUT2D eigenvalue weighted by Crippen LogP contribution is -2.47. The molecule has 1 saturated heterocycles. The summed E-state index contributed by atoms with van der Waals surface area (Å²) in [7, 11) is 1.68. The Morgan fingerprint density at radius 1 is 1.07 bits per heavy atom. The maximum absolute atomic E-state index is 13.3. The van der Waals surface area contributed by atoms with Crippen molar-refractivity contribution in [2.45, 2.75) is 12.8 Å². The molecule has 3 rings (SSSR count). The molecule has 8 heteroatoms. The number of amides is 1. The monoisotopic (exact) mass is 426 g/mol. The van der Waals surface area contributed by atoms with Crippen LogP contribution in [-0.4, -0.2) is 39.3 Å². The average molecular weight is 427 g/mol. The Balaban J connectivity index is 0.00000300. The van der Waals surface area contributed by atoms with E-state index in [2.05, 4.69) is 10.6 Å². The zero-order valence-electron chi connectivity index (χ0n) is 16.2. The molecular weight excluding hydrogens is 402 g/mol. The molecule has 0 atom stereocenters. The van der Waals surface area contributed by atoms with Crippen LogP contribution in [0.5, 0.6) is 11.5 Å². The number of ether oxygens (including phenoxy) is 2. The Bertz CT molecular complexity index is 807. The molecule has 5 nitrogen and oxygen atoms in total. The van der Waals surface area contributed by atoms with Crippen LogP contribution in [0.4, 0.5) is 8.78 Å². The van der Waals surface area contributed by atoms with E-state index in [9.17, 15) is 13.6 Å². The van der Waals surface area contributed by atoms with E-state index in [0.717, 1.165) is 38.1 Å². The lowest BCUT2D eigenvalue weighted by Gasteiger charge is -2.37. The summed E-state index contributed by atoms with van der Waals surface area (Å²) in [6.07, 6.45) is 1.89. The molecule has 29 heavy (non-hydrogen) atoms. The third kappa shape index (κ3) is 6.13. The van der Waals surface area contributed by atoms with Gasteiger partial charge in [0.15, 0.2) is 11.6 Å². The summed E-state index contributed by atoms with van der Waals surface area (Å²) >= 11 is 0. The molecular formula is C21H25ClF2N2O3. The van der Waals surface area contributed by atoms with Gasteiger partial charge in [-0.1, -0.05) is 0 Å². The van der Waals surface area contributed by atoms with Crippen LogP contribution in [-0.2, 0) is 4.74 Å². The number of rotatable bonds is 7. The first-order chi connectivity index (χ1) is 13.5. The number of nitrogens with one attached hydrogen (secondary N) is 2. The van der Waals surface area contributed by atoms with Crippen molar-refractivity contribution in [2.75, 3.05) is 33.4 Å². The topological polar surface area (TPSA) is 59.6 Å². The predicted octanol–water partition coefficient (Wildman–Crippen LogP) is 3.92. The fourth-order valence-electron chi connectivity index (χ4n) is 3.36. The minimum atomic E-state index is -0.976. The molecule has 0 bridgehead atoms. The number of benzene rings is 2. The second kappa shape index (κ2) is 10.5. The molecule has 0 aliphatic carbocycles. The molecule has 0 unspecified atom stereocenters. The Morgan fingerprint density at radius 2 is 1.72 bits per heavy atom. The third-order valence-electron chi connectivity index (χ3n) is 4.98. The Hall–Kier alpha value is -2.22. The van der Waals surface area contributed by atoms with Crippen molar-refractivity contribution < 1.29 is 23.0 Å². The third-order valence-corrected chi connectivity index (χ3v) is 4.98. The molecule has 2 aromatic rings. The first-order valence-corrected chi connectivity index (χ1v) is 9.22. The van der Waals surface area contributed by atoms with Crippen molar-refractivity contribution in [3.8, 4) is 11.5 Å². The van der Waals surface area contributed by atoms with E-state index in [4.69, 9.17) is 9.47 Å². The van der Waals surface area contributed by atoms with Crippen LogP contribution < -0.4 is 15.4 Å². The van der Waals surface area contributed by atoms with Crippen LogP contribution in [0, 0.1) is 17.0 Å². The van der Waals surface area contributed by atoms with E-state index in [1.807, 2.05) is 0 Å². The van der Waals surface area contributed by atoms with Crippen LogP contribution in [0.25, 0.3) is 0 Å². The van der Waals surface area contributed by atoms with E-state index in [-0.39, 0.29) is 29.5 Å². The van der Waals surface area contributed by atoms with Gasteiger partial charge >= 0.3 is 0 Å². The summed E-state index contributed by atoms with van der Waals surface area (Å²) in [5.41, 5.74) is 0.449. The molecule has 0 radical (unpaired) electrons. The van der Waals surface area contributed by atoms with Crippen molar-refractivity contribution in [1.29, 1.82) is 0 Å². The highest BCUT2D eigenvalue weighted by Gasteiger charge is 2.32. The molecule has 158 valence electrons. The van der Waals surface area contributed by atoms with Gasteiger partial charge in [0.2, 0.25) is 0 Å². The minimum Gasteiger partial charge on any atom is -0.457 e. The molecule has 0 aromatic heterocycles.